The van der Waals surface area contributed by atoms with Crippen molar-refractivity contribution < 1.29 is 9.32 Å². The molecule has 1 unspecified atom stereocenters. The SMILES string of the molecule is Cc1noc(CN2CCCC(C(=O)N3CCCCC3)C2)n1. The van der Waals surface area contributed by atoms with Gasteiger partial charge in [0.2, 0.25) is 11.8 Å². The Kier molecular flexibility index (Phi) is 4.53. The van der Waals surface area contributed by atoms with Gasteiger partial charge in [0.05, 0.1) is 12.5 Å². The molecule has 0 saturated carbocycles. The number of carbonyl (C=O) groups excluding carboxylic acids is 1. The standard InChI is InChI=1S/C15H24N4O2/c1-12-16-14(21-17-12)11-18-7-5-6-13(10-18)15(20)19-8-3-2-4-9-19/h13H,2-11H2,1H3. The first-order chi connectivity index (χ1) is 10.2. The number of aromatic nitrogens is 2. The number of hydrogen-bond donors (Lipinski definition) is 0. The summed E-state index contributed by atoms with van der Waals surface area (Å²) in [5.41, 5.74) is 0. The fraction of sp³-hybridized carbons (Fsp3) is 0.800. The van der Waals surface area contributed by atoms with E-state index in [1.54, 1.807) is 0 Å². The lowest BCUT2D eigenvalue weighted by atomic mass is 9.95. The van der Waals surface area contributed by atoms with Gasteiger partial charge in [-0.25, -0.2) is 0 Å². The van der Waals surface area contributed by atoms with E-state index in [0.29, 0.717) is 24.2 Å². The van der Waals surface area contributed by atoms with Crippen molar-refractivity contribution >= 4 is 5.91 Å². The summed E-state index contributed by atoms with van der Waals surface area (Å²) in [6.07, 6.45) is 5.65. The molecule has 0 spiro atoms. The van der Waals surface area contributed by atoms with Crippen LogP contribution in [0.15, 0.2) is 4.52 Å². The smallest absolute Gasteiger partial charge is 0.240 e. The van der Waals surface area contributed by atoms with Gasteiger partial charge in [0, 0.05) is 19.6 Å². The molecule has 1 aromatic heterocycles. The molecule has 6 heteroatoms. The van der Waals surface area contributed by atoms with Crippen LogP contribution in [-0.4, -0.2) is 52.0 Å². The van der Waals surface area contributed by atoms with Gasteiger partial charge < -0.3 is 9.42 Å². The minimum atomic E-state index is 0.140. The highest BCUT2D eigenvalue weighted by Gasteiger charge is 2.30. The van der Waals surface area contributed by atoms with Crippen molar-refractivity contribution in [3.05, 3.63) is 11.7 Å². The van der Waals surface area contributed by atoms with Crippen LogP contribution in [0.25, 0.3) is 0 Å². The molecule has 6 nitrogen and oxygen atoms in total. The molecule has 3 rings (SSSR count). The molecule has 3 heterocycles. The van der Waals surface area contributed by atoms with E-state index in [2.05, 4.69) is 19.9 Å². The maximum absolute atomic E-state index is 12.6. The first kappa shape index (κ1) is 14.5. The van der Waals surface area contributed by atoms with Crippen molar-refractivity contribution in [1.29, 1.82) is 0 Å². The lowest BCUT2D eigenvalue weighted by molar-refractivity contribution is -0.138. The number of aryl methyl sites for hydroxylation is 1. The Morgan fingerprint density at radius 2 is 2.05 bits per heavy atom. The Labute approximate surface area is 125 Å². The van der Waals surface area contributed by atoms with Crippen LogP contribution >= 0.6 is 0 Å². The normalized spacial score (nSPS) is 24.2. The molecule has 116 valence electrons. The van der Waals surface area contributed by atoms with E-state index < -0.39 is 0 Å². The number of rotatable bonds is 3. The Hall–Kier alpha value is -1.43. The lowest BCUT2D eigenvalue weighted by Gasteiger charge is -2.35. The van der Waals surface area contributed by atoms with Gasteiger partial charge in [0.15, 0.2) is 5.82 Å². The third-order valence-corrected chi connectivity index (χ3v) is 4.45. The van der Waals surface area contributed by atoms with Gasteiger partial charge in [-0.3, -0.25) is 9.69 Å². The van der Waals surface area contributed by atoms with E-state index >= 15 is 0 Å². The van der Waals surface area contributed by atoms with E-state index in [1.165, 1.54) is 6.42 Å². The highest BCUT2D eigenvalue weighted by atomic mass is 16.5. The number of carbonyl (C=O) groups is 1. The summed E-state index contributed by atoms with van der Waals surface area (Å²) in [5, 5.41) is 3.82. The minimum Gasteiger partial charge on any atom is -0.342 e. The zero-order valence-corrected chi connectivity index (χ0v) is 12.8. The summed E-state index contributed by atoms with van der Waals surface area (Å²) in [5.74, 6) is 1.81. The van der Waals surface area contributed by atoms with Crippen LogP contribution in [0.4, 0.5) is 0 Å². The second-order valence-corrected chi connectivity index (χ2v) is 6.20. The first-order valence-electron chi connectivity index (χ1n) is 8.03. The molecular formula is C15H24N4O2. The summed E-state index contributed by atoms with van der Waals surface area (Å²) in [6.45, 7) is 6.19. The van der Waals surface area contributed by atoms with Crippen molar-refractivity contribution in [2.75, 3.05) is 26.2 Å². The van der Waals surface area contributed by atoms with Crippen LogP contribution in [-0.2, 0) is 11.3 Å². The zero-order valence-electron chi connectivity index (χ0n) is 12.8. The third-order valence-electron chi connectivity index (χ3n) is 4.45. The van der Waals surface area contributed by atoms with Gasteiger partial charge >= 0.3 is 0 Å². The number of piperidine rings is 2. The summed E-state index contributed by atoms with van der Waals surface area (Å²) in [7, 11) is 0. The molecule has 0 N–H and O–H groups in total. The summed E-state index contributed by atoms with van der Waals surface area (Å²) < 4.78 is 5.18. The van der Waals surface area contributed by atoms with Crippen molar-refractivity contribution in [3.8, 4) is 0 Å². The average Bonchev–Trinajstić information content (AvgIpc) is 2.93. The van der Waals surface area contributed by atoms with Gasteiger partial charge in [-0.15, -0.1) is 0 Å². The van der Waals surface area contributed by atoms with Gasteiger partial charge in [0.1, 0.15) is 0 Å². The molecule has 0 aliphatic carbocycles. The topological polar surface area (TPSA) is 62.5 Å². The molecule has 21 heavy (non-hydrogen) atoms. The lowest BCUT2D eigenvalue weighted by Crippen LogP contribution is -2.46. The Bertz CT molecular complexity index is 482. The fourth-order valence-electron chi connectivity index (χ4n) is 3.37. The van der Waals surface area contributed by atoms with Crippen molar-refractivity contribution in [2.45, 2.75) is 45.6 Å². The van der Waals surface area contributed by atoms with E-state index in [-0.39, 0.29) is 5.92 Å². The Balaban J connectivity index is 1.56. The number of hydrogen-bond acceptors (Lipinski definition) is 5. The van der Waals surface area contributed by atoms with E-state index in [0.717, 1.165) is 51.9 Å². The van der Waals surface area contributed by atoms with Crippen LogP contribution < -0.4 is 0 Å². The highest BCUT2D eigenvalue weighted by molar-refractivity contribution is 5.79. The molecule has 0 bridgehead atoms. The van der Waals surface area contributed by atoms with Gasteiger partial charge in [-0.1, -0.05) is 5.16 Å². The van der Waals surface area contributed by atoms with Crippen LogP contribution in [0.3, 0.4) is 0 Å². The van der Waals surface area contributed by atoms with Gasteiger partial charge in [0.25, 0.3) is 0 Å². The van der Waals surface area contributed by atoms with Crippen molar-refractivity contribution in [1.82, 2.24) is 19.9 Å². The molecule has 0 radical (unpaired) electrons. The zero-order chi connectivity index (χ0) is 14.7. The van der Waals surface area contributed by atoms with Crippen molar-refractivity contribution in [3.63, 3.8) is 0 Å². The fourth-order valence-corrected chi connectivity index (χ4v) is 3.37. The Morgan fingerprint density at radius 3 is 2.76 bits per heavy atom. The molecule has 1 aromatic rings. The Morgan fingerprint density at radius 1 is 1.24 bits per heavy atom. The maximum atomic E-state index is 12.6. The number of likely N-dealkylation sites (tertiary alicyclic amines) is 2. The summed E-state index contributed by atoms with van der Waals surface area (Å²) in [4.78, 5) is 21.2. The monoisotopic (exact) mass is 292 g/mol. The van der Waals surface area contributed by atoms with Crippen LogP contribution in [0.1, 0.15) is 43.8 Å². The van der Waals surface area contributed by atoms with E-state index in [4.69, 9.17) is 4.52 Å². The summed E-state index contributed by atoms with van der Waals surface area (Å²) >= 11 is 0. The minimum absolute atomic E-state index is 0.140. The molecule has 0 aromatic carbocycles. The second-order valence-electron chi connectivity index (χ2n) is 6.20. The molecule has 2 aliphatic heterocycles. The quantitative estimate of drug-likeness (QED) is 0.847. The van der Waals surface area contributed by atoms with Gasteiger partial charge in [-0.2, -0.15) is 4.98 Å². The molecule has 2 fully saturated rings. The number of nitrogens with zero attached hydrogens (tertiary/aromatic N) is 4. The molecule has 1 atom stereocenters. The van der Waals surface area contributed by atoms with E-state index in [9.17, 15) is 4.79 Å². The predicted octanol–water partition coefficient (Wildman–Crippen LogP) is 1.60. The van der Waals surface area contributed by atoms with Crippen LogP contribution in [0, 0.1) is 12.8 Å². The summed E-state index contributed by atoms with van der Waals surface area (Å²) in [6, 6.07) is 0. The molecule has 2 saturated heterocycles. The third kappa shape index (κ3) is 3.61. The van der Waals surface area contributed by atoms with E-state index in [1.807, 2.05) is 6.92 Å². The first-order valence-corrected chi connectivity index (χ1v) is 8.03. The van der Waals surface area contributed by atoms with Crippen LogP contribution in [0.2, 0.25) is 0 Å². The van der Waals surface area contributed by atoms with Crippen molar-refractivity contribution in [2.24, 2.45) is 5.92 Å². The molecule has 2 aliphatic rings. The average molecular weight is 292 g/mol. The van der Waals surface area contributed by atoms with Gasteiger partial charge in [-0.05, 0) is 45.6 Å². The second kappa shape index (κ2) is 6.56. The predicted molar refractivity (Wildman–Crippen MR) is 77.5 cm³/mol. The highest BCUT2D eigenvalue weighted by Crippen LogP contribution is 2.22. The largest absolute Gasteiger partial charge is 0.342 e. The molecular weight excluding hydrogens is 268 g/mol. The maximum Gasteiger partial charge on any atom is 0.240 e. The molecule has 1 amide bonds. The van der Waals surface area contributed by atoms with Crippen LogP contribution in [0.5, 0.6) is 0 Å². The number of amides is 1.